The fourth-order valence-electron chi connectivity index (χ4n) is 2.51. The van der Waals surface area contributed by atoms with E-state index in [1.54, 1.807) is 29.2 Å². The van der Waals surface area contributed by atoms with Crippen LogP contribution in [0, 0.1) is 11.6 Å². The standard InChI is InChI=1S/C17H15F2NO2/c18-14-7-6-13(10-15(14)19)16-11-20(8-9-22-16)17(21)12-4-2-1-3-5-12/h1-7,10,16H,8-9,11H2. The van der Waals surface area contributed by atoms with Crippen LogP contribution in [0.1, 0.15) is 22.0 Å². The Morgan fingerprint density at radius 1 is 1.09 bits per heavy atom. The molecule has 1 atom stereocenters. The molecule has 2 aromatic rings. The molecule has 1 aliphatic heterocycles. The van der Waals surface area contributed by atoms with Gasteiger partial charge in [-0.1, -0.05) is 24.3 Å². The summed E-state index contributed by atoms with van der Waals surface area (Å²) in [6, 6.07) is 12.7. The molecule has 3 nitrogen and oxygen atoms in total. The first-order valence-corrected chi connectivity index (χ1v) is 7.06. The van der Waals surface area contributed by atoms with E-state index in [9.17, 15) is 13.6 Å². The molecule has 1 saturated heterocycles. The zero-order valence-corrected chi connectivity index (χ0v) is 11.8. The summed E-state index contributed by atoms with van der Waals surface area (Å²) in [6.45, 7) is 1.16. The highest BCUT2D eigenvalue weighted by Gasteiger charge is 2.26. The molecule has 5 heteroatoms. The van der Waals surface area contributed by atoms with E-state index in [1.165, 1.54) is 6.07 Å². The smallest absolute Gasteiger partial charge is 0.254 e. The van der Waals surface area contributed by atoms with Crippen LogP contribution in [0.3, 0.4) is 0 Å². The normalized spacial score (nSPS) is 18.3. The van der Waals surface area contributed by atoms with Gasteiger partial charge >= 0.3 is 0 Å². The summed E-state index contributed by atoms with van der Waals surface area (Å²) in [5.41, 5.74) is 1.14. The lowest BCUT2D eigenvalue weighted by atomic mass is 10.1. The minimum atomic E-state index is -0.910. The largest absolute Gasteiger partial charge is 0.370 e. The third-order valence-corrected chi connectivity index (χ3v) is 3.69. The third kappa shape index (κ3) is 2.99. The summed E-state index contributed by atoms with van der Waals surface area (Å²) in [5.74, 6) is -1.89. The summed E-state index contributed by atoms with van der Waals surface area (Å²) < 4.78 is 31.9. The van der Waals surface area contributed by atoms with Crippen LogP contribution in [-0.2, 0) is 4.74 Å². The molecule has 1 fully saturated rings. The summed E-state index contributed by atoms with van der Waals surface area (Å²) in [4.78, 5) is 14.1. The van der Waals surface area contributed by atoms with Crippen molar-refractivity contribution in [3.63, 3.8) is 0 Å². The van der Waals surface area contributed by atoms with Crippen molar-refractivity contribution in [2.24, 2.45) is 0 Å². The first kappa shape index (κ1) is 14.7. The average molecular weight is 303 g/mol. The van der Waals surface area contributed by atoms with E-state index in [1.807, 2.05) is 6.07 Å². The van der Waals surface area contributed by atoms with E-state index >= 15 is 0 Å². The van der Waals surface area contributed by atoms with Crippen LogP contribution in [0.4, 0.5) is 8.78 Å². The number of nitrogens with zero attached hydrogens (tertiary/aromatic N) is 1. The Morgan fingerprint density at radius 2 is 1.86 bits per heavy atom. The third-order valence-electron chi connectivity index (χ3n) is 3.69. The molecule has 3 rings (SSSR count). The number of rotatable bonds is 2. The van der Waals surface area contributed by atoms with Gasteiger partial charge in [0.15, 0.2) is 11.6 Å². The van der Waals surface area contributed by atoms with E-state index in [-0.39, 0.29) is 5.91 Å². The predicted octanol–water partition coefficient (Wildman–Crippen LogP) is 3.18. The second kappa shape index (κ2) is 6.23. The van der Waals surface area contributed by atoms with Gasteiger partial charge in [0, 0.05) is 12.1 Å². The molecule has 0 aromatic heterocycles. The molecule has 0 radical (unpaired) electrons. The summed E-state index contributed by atoms with van der Waals surface area (Å²) in [7, 11) is 0. The van der Waals surface area contributed by atoms with Gasteiger partial charge < -0.3 is 9.64 Å². The minimum absolute atomic E-state index is 0.0866. The van der Waals surface area contributed by atoms with E-state index in [0.29, 0.717) is 30.8 Å². The van der Waals surface area contributed by atoms with Gasteiger partial charge in [-0.2, -0.15) is 0 Å². The number of carbonyl (C=O) groups excluding carboxylic acids is 1. The Labute approximate surface area is 127 Å². The van der Waals surface area contributed by atoms with Crippen LogP contribution < -0.4 is 0 Å². The van der Waals surface area contributed by atoms with Gasteiger partial charge in [-0.3, -0.25) is 4.79 Å². The molecular formula is C17H15F2NO2. The summed E-state index contributed by atoms with van der Waals surface area (Å²) in [5, 5.41) is 0. The molecule has 0 aliphatic carbocycles. The number of morpholine rings is 1. The van der Waals surface area contributed by atoms with Gasteiger partial charge in [0.05, 0.1) is 13.2 Å². The topological polar surface area (TPSA) is 29.5 Å². The van der Waals surface area contributed by atoms with Crippen LogP contribution in [0.2, 0.25) is 0 Å². The van der Waals surface area contributed by atoms with Crippen molar-refractivity contribution in [3.8, 4) is 0 Å². The van der Waals surface area contributed by atoms with Gasteiger partial charge in [0.25, 0.3) is 5.91 Å². The Kier molecular flexibility index (Phi) is 4.15. The number of amides is 1. The van der Waals surface area contributed by atoms with Crippen molar-refractivity contribution in [3.05, 3.63) is 71.3 Å². The highest BCUT2D eigenvalue weighted by molar-refractivity contribution is 5.94. The maximum Gasteiger partial charge on any atom is 0.254 e. The Hall–Kier alpha value is -2.27. The number of hydrogen-bond donors (Lipinski definition) is 0. The quantitative estimate of drug-likeness (QED) is 0.853. The van der Waals surface area contributed by atoms with Crippen LogP contribution in [0.5, 0.6) is 0 Å². The summed E-state index contributed by atoms with van der Waals surface area (Å²) in [6.07, 6.45) is -0.448. The molecule has 0 N–H and O–H groups in total. The second-order valence-electron chi connectivity index (χ2n) is 5.15. The lowest BCUT2D eigenvalue weighted by Gasteiger charge is -2.33. The van der Waals surface area contributed by atoms with Gasteiger partial charge in [0.2, 0.25) is 0 Å². The molecule has 1 aliphatic rings. The SMILES string of the molecule is O=C(c1ccccc1)N1CCOC(c2ccc(F)c(F)c2)C1. The Bertz CT molecular complexity index is 676. The van der Waals surface area contributed by atoms with E-state index < -0.39 is 17.7 Å². The molecule has 114 valence electrons. The number of benzene rings is 2. The van der Waals surface area contributed by atoms with Crippen molar-refractivity contribution in [2.75, 3.05) is 19.7 Å². The maximum atomic E-state index is 13.3. The summed E-state index contributed by atoms with van der Waals surface area (Å²) >= 11 is 0. The second-order valence-corrected chi connectivity index (χ2v) is 5.15. The van der Waals surface area contributed by atoms with Crippen molar-refractivity contribution in [1.29, 1.82) is 0 Å². The molecule has 1 unspecified atom stereocenters. The van der Waals surface area contributed by atoms with Crippen molar-refractivity contribution in [1.82, 2.24) is 4.90 Å². The maximum absolute atomic E-state index is 13.3. The zero-order valence-electron chi connectivity index (χ0n) is 11.8. The fraction of sp³-hybridized carbons (Fsp3) is 0.235. The lowest BCUT2D eigenvalue weighted by Crippen LogP contribution is -2.42. The first-order valence-electron chi connectivity index (χ1n) is 7.06. The zero-order chi connectivity index (χ0) is 15.5. The first-order chi connectivity index (χ1) is 10.6. The Morgan fingerprint density at radius 3 is 2.59 bits per heavy atom. The molecule has 1 amide bonds. The monoisotopic (exact) mass is 303 g/mol. The van der Waals surface area contributed by atoms with E-state index in [0.717, 1.165) is 12.1 Å². The molecule has 0 spiro atoms. The van der Waals surface area contributed by atoms with Gasteiger partial charge in [0.1, 0.15) is 6.10 Å². The number of ether oxygens (including phenoxy) is 1. The highest BCUT2D eigenvalue weighted by atomic mass is 19.2. The molecular weight excluding hydrogens is 288 g/mol. The Balaban J connectivity index is 1.76. The van der Waals surface area contributed by atoms with Crippen molar-refractivity contribution >= 4 is 5.91 Å². The van der Waals surface area contributed by atoms with Gasteiger partial charge in [-0.05, 0) is 29.8 Å². The molecule has 1 heterocycles. The van der Waals surface area contributed by atoms with Crippen molar-refractivity contribution < 1.29 is 18.3 Å². The van der Waals surface area contributed by atoms with Crippen molar-refractivity contribution in [2.45, 2.75) is 6.10 Å². The van der Waals surface area contributed by atoms with E-state index in [4.69, 9.17) is 4.74 Å². The average Bonchev–Trinajstić information content (AvgIpc) is 2.57. The van der Waals surface area contributed by atoms with Gasteiger partial charge in [-0.25, -0.2) is 8.78 Å². The number of halogens is 2. The lowest BCUT2D eigenvalue weighted by molar-refractivity contribution is -0.0229. The van der Waals surface area contributed by atoms with Crippen LogP contribution in [-0.4, -0.2) is 30.5 Å². The molecule has 0 bridgehead atoms. The van der Waals surface area contributed by atoms with Crippen LogP contribution >= 0.6 is 0 Å². The molecule has 22 heavy (non-hydrogen) atoms. The van der Waals surface area contributed by atoms with Gasteiger partial charge in [-0.15, -0.1) is 0 Å². The van der Waals surface area contributed by atoms with Crippen LogP contribution in [0.15, 0.2) is 48.5 Å². The minimum Gasteiger partial charge on any atom is -0.370 e. The highest BCUT2D eigenvalue weighted by Crippen LogP contribution is 2.24. The molecule has 2 aromatic carbocycles. The fourth-order valence-corrected chi connectivity index (χ4v) is 2.51. The number of carbonyl (C=O) groups is 1. The van der Waals surface area contributed by atoms with E-state index in [2.05, 4.69) is 0 Å². The number of hydrogen-bond acceptors (Lipinski definition) is 2. The molecule has 0 saturated carbocycles. The van der Waals surface area contributed by atoms with Crippen LogP contribution in [0.25, 0.3) is 0 Å². The predicted molar refractivity (Wildman–Crippen MR) is 77.4 cm³/mol.